The van der Waals surface area contributed by atoms with Gasteiger partial charge in [-0.25, -0.2) is 0 Å². The van der Waals surface area contributed by atoms with Gasteiger partial charge in [0.15, 0.2) is 18.1 Å². The minimum absolute atomic E-state index is 0.147. The minimum Gasteiger partial charge on any atom is -0.463 e. The van der Waals surface area contributed by atoms with E-state index in [-0.39, 0.29) is 12.5 Å². The largest absolute Gasteiger partial charge is 0.463 e. The van der Waals surface area contributed by atoms with Gasteiger partial charge in [-0.2, -0.15) is 0 Å². The van der Waals surface area contributed by atoms with Crippen molar-refractivity contribution in [2.24, 2.45) is 0 Å². The van der Waals surface area contributed by atoms with E-state index in [0.29, 0.717) is 28.8 Å². The van der Waals surface area contributed by atoms with Crippen LogP contribution in [0.2, 0.25) is 5.02 Å². The summed E-state index contributed by atoms with van der Waals surface area (Å²) in [7, 11) is 0. The molecular weight excluding hydrogens is 340 g/mol. The molecule has 0 unspecified atom stereocenters. The van der Waals surface area contributed by atoms with Crippen LogP contribution in [-0.2, 0) is 11.3 Å². The number of rotatable bonds is 7. The molecule has 0 saturated heterocycles. The molecule has 0 bridgehead atoms. The van der Waals surface area contributed by atoms with Crippen LogP contribution in [0.1, 0.15) is 5.76 Å². The van der Waals surface area contributed by atoms with Crippen LogP contribution in [-0.4, -0.2) is 12.5 Å². The fourth-order valence-corrected chi connectivity index (χ4v) is 2.45. The highest BCUT2D eigenvalue weighted by Gasteiger charge is 2.11. The number of anilines is 1. The van der Waals surface area contributed by atoms with Crippen molar-refractivity contribution in [3.63, 3.8) is 0 Å². The second-order valence-corrected chi connectivity index (χ2v) is 5.82. The lowest BCUT2D eigenvalue weighted by Gasteiger charge is -2.12. The average molecular weight is 358 g/mol. The number of para-hydroxylation sites is 1. The van der Waals surface area contributed by atoms with Crippen molar-refractivity contribution >= 4 is 23.2 Å². The number of ether oxygens (including phenoxy) is 1. The number of carbonyl (C=O) groups is 1. The smallest absolute Gasteiger partial charge is 0.279 e. The van der Waals surface area contributed by atoms with E-state index in [2.05, 4.69) is 5.32 Å². The Morgan fingerprint density at radius 2 is 1.96 bits per heavy atom. The van der Waals surface area contributed by atoms with Gasteiger partial charge >= 0.3 is 0 Å². The summed E-state index contributed by atoms with van der Waals surface area (Å²) >= 11 is 6.05. The molecule has 6 heteroatoms. The molecule has 3 rings (SSSR count). The van der Waals surface area contributed by atoms with Gasteiger partial charge < -0.3 is 19.8 Å². The van der Waals surface area contributed by atoms with Gasteiger partial charge in [0.2, 0.25) is 0 Å². The molecule has 0 radical (unpaired) electrons. The highest BCUT2D eigenvalue weighted by Crippen LogP contribution is 2.31. The molecule has 2 aromatic carbocycles. The summed E-state index contributed by atoms with van der Waals surface area (Å²) in [6.07, 6.45) is 1.61. The summed E-state index contributed by atoms with van der Waals surface area (Å²) in [5, 5.41) is 5.22. The number of quaternary nitrogens is 1. The van der Waals surface area contributed by atoms with Gasteiger partial charge in [-0.1, -0.05) is 29.8 Å². The number of benzene rings is 2. The third-order valence-corrected chi connectivity index (χ3v) is 3.68. The fraction of sp³-hybridized carbons (Fsp3) is 0.105. The molecule has 0 saturated carbocycles. The van der Waals surface area contributed by atoms with Crippen molar-refractivity contribution in [2.75, 3.05) is 11.9 Å². The van der Waals surface area contributed by atoms with E-state index in [1.54, 1.807) is 24.5 Å². The Bertz CT molecular complexity index is 820. The highest BCUT2D eigenvalue weighted by atomic mass is 35.5. The summed E-state index contributed by atoms with van der Waals surface area (Å²) in [4.78, 5) is 12.2. The monoisotopic (exact) mass is 357 g/mol. The van der Waals surface area contributed by atoms with Crippen molar-refractivity contribution in [3.8, 4) is 11.5 Å². The Morgan fingerprint density at radius 1 is 1.12 bits per heavy atom. The summed E-state index contributed by atoms with van der Waals surface area (Å²) < 4.78 is 11.1. The number of carbonyl (C=O) groups excluding carboxylic acids is 1. The lowest BCUT2D eigenvalue weighted by atomic mass is 10.2. The zero-order chi connectivity index (χ0) is 17.5. The van der Waals surface area contributed by atoms with E-state index in [1.165, 1.54) is 0 Å². The Kier molecular flexibility index (Phi) is 5.72. The third-order valence-electron chi connectivity index (χ3n) is 3.44. The number of nitrogens with two attached hydrogens (primary N) is 1. The second-order valence-electron chi connectivity index (χ2n) is 5.38. The Morgan fingerprint density at radius 3 is 2.72 bits per heavy atom. The first kappa shape index (κ1) is 17.1. The fourth-order valence-electron chi connectivity index (χ4n) is 2.28. The van der Waals surface area contributed by atoms with Crippen molar-refractivity contribution in [2.45, 2.75) is 6.54 Å². The molecule has 3 aromatic rings. The van der Waals surface area contributed by atoms with Crippen LogP contribution in [0.3, 0.4) is 0 Å². The van der Waals surface area contributed by atoms with E-state index >= 15 is 0 Å². The predicted molar refractivity (Wildman–Crippen MR) is 95.8 cm³/mol. The zero-order valence-electron chi connectivity index (χ0n) is 13.4. The summed E-state index contributed by atoms with van der Waals surface area (Å²) in [5.41, 5.74) is 0.535. The molecule has 0 spiro atoms. The normalized spacial score (nSPS) is 10.4. The van der Waals surface area contributed by atoms with Crippen LogP contribution < -0.4 is 15.4 Å². The molecule has 0 aliphatic heterocycles. The van der Waals surface area contributed by atoms with E-state index in [4.69, 9.17) is 20.8 Å². The summed E-state index contributed by atoms with van der Waals surface area (Å²) in [6, 6.07) is 18.2. The zero-order valence-corrected chi connectivity index (χ0v) is 14.2. The molecule has 128 valence electrons. The minimum atomic E-state index is -0.147. The maximum atomic E-state index is 12.2. The molecule has 3 N–H and O–H groups in total. The highest BCUT2D eigenvalue weighted by molar-refractivity contribution is 6.31. The summed E-state index contributed by atoms with van der Waals surface area (Å²) in [5.74, 6) is 1.90. The van der Waals surface area contributed by atoms with Gasteiger partial charge in [0, 0.05) is 5.02 Å². The number of hydrogen-bond acceptors (Lipinski definition) is 3. The molecular formula is C19H18ClN2O3+. The maximum Gasteiger partial charge on any atom is 0.279 e. The van der Waals surface area contributed by atoms with Crippen LogP contribution in [0.5, 0.6) is 11.5 Å². The lowest BCUT2D eigenvalue weighted by molar-refractivity contribution is -0.661. The number of hydrogen-bond donors (Lipinski definition) is 2. The molecule has 0 aliphatic carbocycles. The number of halogens is 1. The van der Waals surface area contributed by atoms with Crippen LogP contribution in [0.4, 0.5) is 5.69 Å². The van der Waals surface area contributed by atoms with Gasteiger partial charge in [0.25, 0.3) is 5.91 Å². The molecule has 1 heterocycles. The van der Waals surface area contributed by atoms with E-state index in [1.807, 2.05) is 47.8 Å². The Hall–Kier alpha value is -2.76. The van der Waals surface area contributed by atoms with Crippen molar-refractivity contribution in [1.82, 2.24) is 0 Å². The molecule has 0 aliphatic rings. The molecule has 5 nitrogen and oxygen atoms in total. The first-order chi connectivity index (χ1) is 12.2. The predicted octanol–water partition coefficient (Wildman–Crippen LogP) is 3.43. The third kappa shape index (κ3) is 5.11. The van der Waals surface area contributed by atoms with Crippen molar-refractivity contribution < 1.29 is 19.3 Å². The molecule has 0 atom stereocenters. The first-order valence-electron chi connectivity index (χ1n) is 7.87. The van der Waals surface area contributed by atoms with Crippen LogP contribution in [0.15, 0.2) is 71.3 Å². The number of nitrogens with one attached hydrogen (secondary N) is 1. The average Bonchev–Trinajstić information content (AvgIpc) is 3.12. The van der Waals surface area contributed by atoms with Crippen molar-refractivity contribution in [3.05, 3.63) is 77.7 Å². The van der Waals surface area contributed by atoms with Gasteiger partial charge in [0.1, 0.15) is 12.3 Å². The Labute approximate surface area is 150 Å². The maximum absolute atomic E-state index is 12.2. The van der Waals surface area contributed by atoms with Gasteiger partial charge in [-0.05, 0) is 42.5 Å². The molecule has 1 aromatic heterocycles. The lowest BCUT2D eigenvalue weighted by Crippen LogP contribution is -2.84. The van der Waals surface area contributed by atoms with Crippen LogP contribution in [0, 0.1) is 0 Å². The second kappa shape index (κ2) is 8.37. The topological polar surface area (TPSA) is 68.1 Å². The molecule has 1 amide bonds. The first-order valence-corrected chi connectivity index (χ1v) is 8.25. The molecule has 25 heavy (non-hydrogen) atoms. The van der Waals surface area contributed by atoms with Gasteiger partial charge in [-0.15, -0.1) is 0 Å². The van der Waals surface area contributed by atoms with E-state index in [9.17, 15) is 4.79 Å². The number of amides is 1. The summed E-state index contributed by atoms with van der Waals surface area (Å²) in [6.45, 7) is 0.862. The number of furan rings is 1. The standard InChI is InChI=1S/C19H17ClN2O3/c20-14-8-9-18(25-15-5-2-1-3-6-15)17(11-14)22-19(23)13-21-12-16-7-4-10-24-16/h1-11,21H,12-13H2,(H,22,23)/p+1. The quantitative estimate of drug-likeness (QED) is 0.680. The van der Waals surface area contributed by atoms with Gasteiger partial charge in [-0.3, -0.25) is 4.79 Å². The van der Waals surface area contributed by atoms with E-state index in [0.717, 1.165) is 5.76 Å². The van der Waals surface area contributed by atoms with Crippen LogP contribution >= 0.6 is 11.6 Å². The Balaban J connectivity index is 1.62. The molecule has 0 fully saturated rings. The van der Waals surface area contributed by atoms with Gasteiger partial charge in [0.05, 0.1) is 12.0 Å². The van der Waals surface area contributed by atoms with Crippen molar-refractivity contribution in [1.29, 1.82) is 0 Å². The SMILES string of the molecule is O=C(C[NH2+]Cc1ccco1)Nc1cc(Cl)ccc1Oc1ccccc1. The van der Waals surface area contributed by atoms with Crippen LogP contribution in [0.25, 0.3) is 0 Å². The van der Waals surface area contributed by atoms with E-state index < -0.39 is 0 Å².